The Balaban J connectivity index is 1.96. The normalized spacial score (nSPS) is 20.2. The molecule has 0 bridgehead atoms. The van der Waals surface area contributed by atoms with Crippen molar-refractivity contribution in [2.24, 2.45) is 5.41 Å². The van der Waals surface area contributed by atoms with Gasteiger partial charge in [-0.3, -0.25) is 0 Å². The predicted molar refractivity (Wildman–Crippen MR) is 65.0 cm³/mol. The fourth-order valence-electron chi connectivity index (χ4n) is 1.94. The first-order valence-corrected chi connectivity index (χ1v) is 6.57. The van der Waals surface area contributed by atoms with Crippen LogP contribution >= 0.6 is 0 Å². The summed E-state index contributed by atoms with van der Waals surface area (Å²) in [6.07, 6.45) is 9.09. The van der Waals surface area contributed by atoms with Gasteiger partial charge < -0.3 is 10.4 Å². The van der Waals surface area contributed by atoms with E-state index in [4.69, 9.17) is 0 Å². The van der Waals surface area contributed by atoms with Crippen molar-refractivity contribution >= 4 is 0 Å². The summed E-state index contributed by atoms with van der Waals surface area (Å²) in [4.78, 5) is 0. The Morgan fingerprint density at radius 1 is 1.27 bits per heavy atom. The van der Waals surface area contributed by atoms with Crippen LogP contribution in [-0.4, -0.2) is 24.3 Å². The molecule has 2 heteroatoms. The first kappa shape index (κ1) is 13.0. The Morgan fingerprint density at radius 3 is 2.53 bits per heavy atom. The molecule has 0 aromatic heterocycles. The average Bonchev–Trinajstić information content (AvgIpc) is 3.02. The van der Waals surface area contributed by atoms with Gasteiger partial charge in [0, 0.05) is 24.6 Å². The minimum atomic E-state index is 0.262. The molecule has 0 spiro atoms. The molecule has 0 aromatic rings. The van der Waals surface area contributed by atoms with E-state index in [1.807, 2.05) is 0 Å². The molecule has 1 rings (SSSR count). The van der Waals surface area contributed by atoms with Crippen molar-refractivity contribution in [3.8, 4) is 0 Å². The minimum absolute atomic E-state index is 0.262. The second-order valence-electron chi connectivity index (χ2n) is 5.29. The third-order valence-corrected chi connectivity index (χ3v) is 3.61. The van der Waals surface area contributed by atoms with Crippen molar-refractivity contribution in [3.63, 3.8) is 0 Å². The van der Waals surface area contributed by atoms with Crippen LogP contribution in [0.3, 0.4) is 0 Å². The van der Waals surface area contributed by atoms with Crippen molar-refractivity contribution in [2.75, 3.05) is 13.2 Å². The molecule has 1 fully saturated rings. The molecule has 1 aliphatic rings. The lowest BCUT2D eigenvalue weighted by molar-refractivity contribution is 0.203. The molecule has 1 saturated carbocycles. The van der Waals surface area contributed by atoms with E-state index in [9.17, 15) is 5.11 Å². The monoisotopic (exact) mass is 213 g/mol. The van der Waals surface area contributed by atoms with E-state index in [1.165, 1.54) is 44.9 Å². The number of hydrogen-bond acceptors (Lipinski definition) is 2. The maximum atomic E-state index is 9.18. The number of aliphatic hydroxyl groups excluding tert-OH is 1. The molecule has 0 saturated heterocycles. The van der Waals surface area contributed by atoms with Gasteiger partial charge in [0.2, 0.25) is 0 Å². The third kappa shape index (κ3) is 4.98. The highest BCUT2D eigenvalue weighted by Gasteiger charge is 2.41. The lowest BCUT2D eigenvalue weighted by atomic mass is 10.1. The van der Waals surface area contributed by atoms with Crippen LogP contribution in [0.15, 0.2) is 0 Å². The van der Waals surface area contributed by atoms with Gasteiger partial charge in [-0.1, -0.05) is 32.6 Å². The van der Waals surface area contributed by atoms with Crippen LogP contribution in [-0.2, 0) is 0 Å². The largest absolute Gasteiger partial charge is 0.396 e. The molecule has 1 atom stereocenters. The lowest BCUT2D eigenvalue weighted by Gasteiger charge is -2.18. The number of rotatable bonds is 9. The Hall–Kier alpha value is -0.0800. The second-order valence-corrected chi connectivity index (χ2v) is 5.29. The number of hydrogen-bond donors (Lipinski definition) is 2. The Labute approximate surface area is 94.5 Å². The zero-order valence-corrected chi connectivity index (χ0v) is 10.4. The van der Waals surface area contributed by atoms with E-state index in [0.29, 0.717) is 12.6 Å². The average molecular weight is 213 g/mol. The van der Waals surface area contributed by atoms with E-state index in [-0.39, 0.29) is 5.41 Å². The maximum absolute atomic E-state index is 9.18. The van der Waals surface area contributed by atoms with Gasteiger partial charge >= 0.3 is 0 Å². The summed E-state index contributed by atoms with van der Waals surface area (Å²) in [5.74, 6) is 0. The van der Waals surface area contributed by atoms with E-state index < -0.39 is 0 Å². The zero-order valence-electron chi connectivity index (χ0n) is 10.4. The number of nitrogens with one attached hydrogen (secondary N) is 1. The third-order valence-electron chi connectivity index (χ3n) is 3.61. The van der Waals surface area contributed by atoms with Gasteiger partial charge in [0.1, 0.15) is 0 Å². The summed E-state index contributed by atoms with van der Waals surface area (Å²) in [5.41, 5.74) is 0.262. The van der Waals surface area contributed by atoms with Gasteiger partial charge in [-0.2, -0.15) is 0 Å². The summed E-state index contributed by atoms with van der Waals surface area (Å²) in [6.45, 7) is 5.89. The topological polar surface area (TPSA) is 32.3 Å². The molecule has 2 N–H and O–H groups in total. The smallest absolute Gasteiger partial charge is 0.0499 e. The van der Waals surface area contributed by atoms with Crippen molar-refractivity contribution in [3.05, 3.63) is 0 Å². The van der Waals surface area contributed by atoms with Crippen molar-refractivity contribution < 1.29 is 5.11 Å². The second kappa shape index (κ2) is 6.49. The van der Waals surface area contributed by atoms with Gasteiger partial charge in [0.25, 0.3) is 0 Å². The van der Waals surface area contributed by atoms with E-state index in [2.05, 4.69) is 19.2 Å². The maximum Gasteiger partial charge on any atom is 0.0499 e. The molecule has 0 aliphatic heterocycles. The van der Waals surface area contributed by atoms with E-state index in [1.54, 1.807) is 0 Å². The first-order valence-electron chi connectivity index (χ1n) is 6.57. The molecule has 0 aromatic carbocycles. The molecule has 0 heterocycles. The van der Waals surface area contributed by atoms with Crippen LogP contribution in [0.5, 0.6) is 0 Å². The molecule has 0 radical (unpaired) electrons. The molecular formula is C13H27NO. The summed E-state index contributed by atoms with van der Waals surface area (Å²) >= 11 is 0. The van der Waals surface area contributed by atoms with Gasteiger partial charge in [-0.05, 0) is 26.2 Å². The van der Waals surface area contributed by atoms with E-state index >= 15 is 0 Å². The Bertz CT molecular complexity index is 166. The Kier molecular flexibility index (Phi) is 5.62. The number of unbranched alkanes of at least 4 members (excludes halogenated alkanes) is 3. The lowest BCUT2D eigenvalue weighted by Crippen LogP contribution is -2.33. The summed E-state index contributed by atoms with van der Waals surface area (Å²) in [6, 6.07) is 0.617. The quantitative estimate of drug-likeness (QED) is 0.577. The van der Waals surface area contributed by atoms with Gasteiger partial charge in [-0.15, -0.1) is 0 Å². The van der Waals surface area contributed by atoms with Gasteiger partial charge in [0.15, 0.2) is 0 Å². The van der Waals surface area contributed by atoms with Gasteiger partial charge in [0.05, 0.1) is 0 Å². The molecule has 2 nitrogen and oxygen atoms in total. The highest BCUT2D eigenvalue weighted by molar-refractivity contribution is 4.94. The standard InChI is InChI=1S/C13H27NO/c1-3-4-5-6-7-12(2)14-10-13(11-15)8-9-13/h12,14-15H,3-11H2,1-2H3. The molecular weight excluding hydrogens is 186 g/mol. The molecule has 90 valence electrons. The highest BCUT2D eigenvalue weighted by atomic mass is 16.3. The summed E-state index contributed by atoms with van der Waals surface area (Å²) in [7, 11) is 0. The number of aliphatic hydroxyl groups is 1. The first-order chi connectivity index (χ1) is 7.22. The van der Waals surface area contributed by atoms with Crippen molar-refractivity contribution in [1.29, 1.82) is 0 Å². The Morgan fingerprint density at radius 2 is 2.00 bits per heavy atom. The highest BCUT2D eigenvalue weighted by Crippen LogP contribution is 2.44. The molecule has 0 amide bonds. The summed E-state index contributed by atoms with van der Waals surface area (Å²) < 4.78 is 0. The van der Waals surface area contributed by atoms with Gasteiger partial charge in [-0.25, -0.2) is 0 Å². The predicted octanol–water partition coefficient (Wildman–Crippen LogP) is 2.71. The van der Waals surface area contributed by atoms with Crippen LogP contribution < -0.4 is 5.32 Å². The van der Waals surface area contributed by atoms with Crippen LogP contribution in [0.4, 0.5) is 0 Å². The van der Waals surface area contributed by atoms with E-state index in [0.717, 1.165) is 6.54 Å². The molecule has 1 unspecified atom stereocenters. The minimum Gasteiger partial charge on any atom is -0.396 e. The fourth-order valence-corrected chi connectivity index (χ4v) is 1.94. The zero-order chi connectivity index (χ0) is 11.1. The van der Waals surface area contributed by atoms with Crippen LogP contribution in [0.25, 0.3) is 0 Å². The SMILES string of the molecule is CCCCCCC(C)NCC1(CO)CC1. The van der Waals surface area contributed by atoms with Crippen LogP contribution in [0.1, 0.15) is 58.8 Å². The fraction of sp³-hybridized carbons (Fsp3) is 1.00. The van der Waals surface area contributed by atoms with Crippen LogP contribution in [0.2, 0.25) is 0 Å². The van der Waals surface area contributed by atoms with Crippen molar-refractivity contribution in [2.45, 2.75) is 64.8 Å². The molecule has 1 aliphatic carbocycles. The van der Waals surface area contributed by atoms with Crippen LogP contribution in [0, 0.1) is 5.41 Å². The van der Waals surface area contributed by atoms with Crippen molar-refractivity contribution in [1.82, 2.24) is 5.32 Å². The molecule has 15 heavy (non-hydrogen) atoms. The summed E-state index contributed by atoms with van der Waals surface area (Å²) in [5, 5.41) is 12.7.